The summed E-state index contributed by atoms with van der Waals surface area (Å²) in [5, 5.41) is 14.5. The van der Waals surface area contributed by atoms with Gasteiger partial charge in [0.25, 0.3) is 0 Å². The highest BCUT2D eigenvalue weighted by Gasteiger charge is 2.41. The average Bonchev–Trinajstić information content (AvgIpc) is 2.77. The van der Waals surface area contributed by atoms with E-state index in [9.17, 15) is 14.4 Å². The Kier molecular flexibility index (Phi) is 5.29. The topological polar surface area (TPSA) is 122 Å². The maximum atomic E-state index is 12.3. The second kappa shape index (κ2) is 6.51. The van der Waals surface area contributed by atoms with Gasteiger partial charge in [0.1, 0.15) is 6.04 Å². The van der Waals surface area contributed by atoms with E-state index < -0.39 is 29.9 Å². The number of carboxylic acid groups (broad SMARTS) is 1. The van der Waals surface area contributed by atoms with Crippen LogP contribution < -0.4 is 16.4 Å². The molecule has 0 radical (unpaired) electrons. The molecule has 108 valence electrons. The van der Waals surface area contributed by atoms with Gasteiger partial charge in [0.15, 0.2) is 0 Å². The first-order valence-electron chi connectivity index (χ1n) is 6.48. The van der Waals surface area contributed by atoms with Gasteiger partial charge in [-0.25, -0.2) is 4.79 Å². The zero-order chi connectivity index (χ0) is 14.5. The fourth-order valence-electron chi connectivity index (χ4n) is 2.45. The molecule has 1 aliphatic rings. The Morgan fingerprint density at radius 3 is 2.58 bits per heavy atom. The third-order valence-corrected chi connectivity index (χ3v) is 3.36. The minimum Gasteiger partial charge on any atom is -0.480 e. The van der Waals surface area contributed by atoms with Gasteiger partial charge in [-0.1, -0.05) is 13.3 Å². The molecule has 0 saturated carbocycles. The van der Waals surface area contributed by atoms with E-state index in [1.165, 1.54) is 0 Å². The number of carbonyl (C=O) groups excluding carboxylic acids is 2. The molecule has 0 aromatic carbocycles. The standard InChI is InChI=1S/C12H21N3O4/c1-2-4-12(5-3-6-14-12)11(19)15-8(10(17)18)7-9(13)16/h8,14H,2-7H2,1H3,(H2,13,16)(H,15,19)(H,17,18)/t8-,12?/m0/s1. The predicted molar refractivity (Wildman–Crippen MR) is 68.3 cm³/mol. The Bertz CT molecular complexity index is 364. The van der Waals surface area contributed by atoms with E-state index in [1.807, 2.05) is 6.92 Å². The summed E-state index contributed by atoms with van der Waals surface area (Å²) in [5.41, 5.74) is 4.27. The molecule has 0 spiro atoms. The zero-order valence-electron chi connectivity index (χ0n) is 11.1. The van der Waals surface area contributed by atoms with Crippen molar-refractivity contribution in [2.45, 2.75) is 50.6 Å². The molecular formula is C12H21N3O4. The van der Waals surface area contributed by atoms with Crippen LogP contribution in [0, 0.1) is 0 Å². The van der Waals surface area contributed by atoms with Crippen molar-refractivity contribution in [1.29, 1.82) is 0 Å². The van der Waals surface area contributed by atoms with Crippen LogP contribution in [0.5, 0.6) is 0 Å². The molecule has 0 aromatic rings. The number of carbonyl (C=O) groups is 3. The van der Waals surface area contributed by atoms with Crippen molar-refractivity contribution in [1.82, 2.24) is 10.6 Å². The molecule has 19 heavy (non-hydrogen) atoms. The molecule has 1 aliphatic heterocycles. The number of primary amides is 1. The molecule has 1 rings (SSSR count). The van der Waals surface area contributed by atoms with E-state index in [0.717, 1.165) is 19.4 Å². The summed E-state index contributed by atoms with van der Waals surface area (Å²) in [6.45, 7) is 2.70. The number of hydrogen-bond acceptors (Lipinski definition) is 4. The third kappa shape index (κ3) is 3.92. The number of aliphatic carboxylic acids is 1. The summed E-state index contributed by atoms with van der Waals surface area (Å²) >= 11 is 0. The molecule has 7 heteroatoms. The molecule has 1 heterocycles. The van der Waals surface area contributed by atoms with E-state index in [0.29, 0.717) is 12.8 Å². The van der Waals surface area contributed by atoms with Crippen molar-refractivity contribution in [3.8, 4) is 0 Å². The summed E-state index contributed by atoms with van der Waals surface area (Å²) in [4.78, 5) is 34.1. The highest BCUT2D eigenvalue weighted by atomic mass is 16.4. The molecular weight excluding hydrogens is 250 g/mol. The van der Waals surface area contributed by atoms with Crippen molar-refractivity contribution in [3.05, 3.63) is 0 Å². The Labute approximate surface area is 111 Å². The monoisotopic (exact) mass is 271 g/mol. The van der Waals surface area contributed by atoms with Crippen LogP contribution in [0.3, 0.4) is 0 Å². The normalized spacial score (nSPS) is 23.8. The van der Waals surface area contributed by atoms with Crippen molar-refractivity contribution < 1.29 is 19.5 Å². The number of rotatable bonds is 7. The molecule has 2 atom stereocenters. The minimum atomic E-state index is -1.26. The van der Waals surface area contributed by atoms with Crippen molar-refractivity contribution in [2.75, 3.05) is 6.54 Å². The van der Waals surface area contributed by atoms with Crippen LogP contribution in [-0.2, 0) is 14.4 Å². The molecule has 1 fully saturated rings. The summed E-state index contributed by atoms with van der Waals surface area (Å²) in [6.07, 6.45) is 2.61. The Balaban J connectivity index is 2.74. The molecule has 5 N–H and O–H groups in total. The summed E-state index contributed by atoms with van der Waals surface area (Å²) in [5.74, 6) is -2.37. The number of nitrogens with two attached hydrogens (primary N) is 1. The van der Waals surface area contributed by atoms with Crippen molar-refractivity contribution in [3.63, 3.8) is 0 Å². The lowest BCUT2D eigenvalue weighted by molar-refractivity contribution is -0.144. The van der Waals surface area contributed by atoms with E-state index in [4.69, 9.17) is 10.8 Å². The van der Waals surface area contributed by atoms with Crippen molar-refractivity contribution >= 4 is 17.8 Å². The number of nitrogens with one attached hydrogen (secondary N) is 2. The second-order valence-corrected chi connectivity index (χ2v) is 4.90. The molecule has 2 amide bonds. The molecule has 0 aliphatic carbocycles. The highest BCUT2D eigenvalue weighted by Crippen LogP contribution is 2.25. The van der Waals surface area contributed by atoms with Crippen LogP contribution in [0.4, 0.5) is 0 Å². The Morgan fingerprint density at radius 1 is 1.47 bits per heavy atom. The van der Waals surface area contributed by atoms with Gasteiger partial charge in [-0.2, -0.15) is 0 Å². The summed E-state index contributed by atoms with van der Waals surface area (Å²) < 4.78 is 0. The molecule has 0 aromatic heterocycles. The molecule has 1 unspecified atom stereocenters. The van der Waals surface area contributed by atoms with Gasteiger partial charge in [-0.3, -0.25) is 9.59 Å². The average molecular weight is 271 g/mol. The third-order valence-electron chi connectivity index (χ3n) is 3.36. The van der Waals surface area contributed by atoms with Crippen LogP contribution in [0.1, 0.15) is 39.0 Å². The fraction of sp³-hybridized carbons (Fsp3) is 0.750. The Hall–Kier alpha value is -1.63. The van der Waals surface area contributed by atoms with Gasteiger partial charge in [0.2, 0.25) is 11.8 Å². The van der Waals surface area contributed by atoms with Crippen LogP contribution >= 0.6 is 0 Å². The quantitative estimate of drug-likeness (QED) is 0.490. The Morgan fingerprint density at radius 2 is 2.16 bits per heavy atom. The first kappa shape index (κ1) is 15.4. The van der Waals surface area contributed by atoms with Gasteiger partial charge >= 0.3 is 5.97 Å². The van der Waals surface area contributed by atoms with Crippen LogP contribution in [0.15, 0.2) is 0 Å². The maximum absolute atomic E-state index is 12.3. The summed E-state index contributed by atoms with van der Waals surface area (Å²) in [6, 6.07) is -1.26. The predicted octanol–water partition coefficient (Wildman–Crippen LogP) is -0.646. The zero-order valence-corrected chi connectivity index (χ0v) is 11.1. The number of carboxylic acids is 1. The SMILES string of the molecule is CCCC1(C(=O)N[C@@H](CC(N)=O)C(=O)O)CCCN1. The largest absolute Gasteiger partial charge is 0.480 e. The molecule has 0 bridgehead atoms. The first-order chi connectivity index (χ1) is 8.91. The molecule has 1 saturated heterocycles. The van der Waals surface area contributed by atoms with Crippen LogP contribution in [0.25, 0.3) is 0 Å². The van der Waals surface area contributed by atoms with E-state index in [-0.39, 0.29) is 5.91 Å². The number of amides is 2. The second-order valence-electron chi connectivity index (χ2n) is 4.90. The van der Waals surface area contributed by atoms with Crippen LogP contribution in [-0.4, -0.2) is 41.0 Å². The smallest absolute Gasteiger partial charge is 0.326 e. The fourth-order valence-corrected chi connectivity index (χ4v) is 2.45. The van der Waals surface area contributed by atoms with Crippen molar-refractivity contribution in [2.24, 2.45) is 5.73 Å². The maximum Gasteiger partial charge on any atom is 0.326 e. The lowest BCUT2D eigenvalue weighted by Gasteiger charge is -2.29. The van der Waals surface area contributed by atoms with Gasteiger partial charge in [-0.15, -0.1) is 0 Å². The van der Waals surface area contributed by atoms with Gasteiger partial charge < -0.3 is 21.5 Å². The molecule has 7 nitrogen and oxygen atoms in total. The van der Waals surface area contributed by atoms with Gasteiger partial charge in [0, 0.05) is 0 Å². The van der Waals surface area contributed by atoms with E-state index >= 15 is 0 Å². The van der Waals surface area contributed by atoms with Gasteiger partial charge in [0.05, 0.1) is 12.0 Å². The van der Waals surface area contributed by atoms with E-state index in [1.54, 1.807) is 0 Å². The first-order valence-corrected chi connectivity index (χ1v) is 6.48. The lowest BCUT2D eigenvalue weighted by atomic mass is 9.90. The van der Waals surface area contributed by atoms with E-state index in [2.05, 4.69) is 10.6 Å². The lowest BCUT2D eigenvalue weighted by Crippen LogP contribution is -2.57. The summed E-state index contributed by atoms with van der Waals surface area (Å²) in [7, 11) is 0. The van der Waals surface area contributed by atoms with Gasteiger partial charge in [-0.05, 0) is 25.8 Å². The highest BCUT2D eigenvalue weighted by molar-refractivity contribution is 5.92. The number of hydrogen-bond donors (Lipinski definition) is 4. The van der Waals surface area contributed by atoms with Crippen LogP contribution in [0.2, 0.25) is 0 Å². The minimum absolute atomic E-state index is 0.361.